The molecule has 1 aliphatic carbocycles. The second-order valence-electron chi connectivity index (χ2n) is 5.83. The van der Waals surface area contributed by atoms with Crippen LogP contribution in [0, 0.1) is 0 Å². The van der Waals surface area contributed by atoms with E-state index in [0.29, 0.717) is 18.8 Å². The highest BCUT2D eigenvalue weighted by Crippen LogP contribution is 2.37. The van der Waals surface area contributed by atoms with Crippen molar-refractivity contribution in [2.45, 2.75) is 44.8 Å². The van der Waals surface area contributed by atoms with Crippen LogP contribution in [0.5, 0.6) is 0 Å². The third-order valence-electron chi connectivity index (χ3n) is 4.01. The molecule has 0 atom stereocenters. The van der Waals surface area contributed by atoms with E-state index in [-0.39, 0.29) is 5.78 Å². The van der Waals surface area contributed by atoms with Crippen molar-refractivity contribution in [1.29, 1.82) is 0 Å². The summed E-state index contributed by atoms with van der Waals surface area (Å²) < 4.78 is 8.45. The van der Waals surface area contributed by atoms with Gasteiger partial charge in [0.25, 0.3) is 0 Å². The van der Waals surface area contributed by atoms with Crippen molar-refractivity contribution in [2.75, 3.05) is 27.2 Å². The number of carbonyl (C=O) groups excluding carboxylic acids is 1. The minimum Gasteiger partial charge on any atom is -0.367 e. The van der Waals surface area contributed by atoms with Crippen molar-refractivity contribution in [3.05, 3.63) is 16.4 Å². The second-order valence-corrected chi connectivity index (χ2v) is 6.69. The van der Waals surface area contributed by atoms with Crippen molar-refractivity contribution in [1.82, 2.24) is 14.7 Å². The number of hydrogen-bond acceptors (Lipinski definition) is 4. The summed E-state index contributed by atoms with van der Waals surface area (Å²) in [7, 11) is 4.03. The van der Waals surface area contributed by atoms with Crippen LogP contribution in [0.3, 0.4) is 0 Å². The summed E-state index contributed by atoms with van der Waals surface area (Å²) in [5.74, 6) is 0.0741. The number of ketones is 1. The van der Waals surface area contributed by atoms with Crippen LogP contribution < -0.4 is 0 Å². The number of carbonyl (C=O) groups is 1. The Labute approximate surface area is 134 Å². The fourth-order valence-corrected chi connectivity index (χ4v) is 3.40. The van der Waals surface area contributed by atoms with Crippen molar-refractivity contribution in [2.24, 2.45) is 0 Å². The number of nitrogens with zero attached hydrogens (tertiary/aromatic N) is 3. The molecule has 2 rings (SSSR count). The smallest absolute Gasteiger partial charge is 0.213 e. The molecule has 0 spiro atoms. The molecule has 0 saturated heterocycles. The number of halogens is 1. The molecule has 0 N–H and O–H groups in total. The minimum absolute atomic E-state index is 0.0741. The van der Waals surface area contributed by atoms with E-state index in [4.69, 9.17) is 4.74 Å². The monoisotopic (exact) mass is 357 g/mol. The molecule has 21 heavy (non-hydrogen) atoms. The summed E-state index contributed by atoms with van der Waals surface area (Å²) in [6.07, 6.45) is 5.43. The predicted octanol–water partition coefficient (Wildman–Crippen LogP) is 2.74. The van der Waals surface area contributed by atoms with Crippen molar-refractivity contribution >= 4 is 21.7 Å². The van der Waals surface area contributed by atoms with Gasteiger partial charge < -0.3 is 9.64 Å². The van der Waals surface area contributed by atoms with E-state index in [9.17, 15) is 4.79 Å². The largest absolute Gasteiger partial charge is 0.367 e. The molecule has 5 nitrogen and oxygen atoms in total. The molecule has 118 valence electrons. The molecule has 1 fully saturated rings. The molecule has 0 bridgehead atoms. The maximum atomic E-state index is 13.1. The SMILES string of the molecule is CCOC1(C(=O)c2c(Br)cnn2CCN(C)C)CCCC1. The zero-order valence-corrected chi connectivity index (χ0v) is 14.6. The quantitative estimate of drug-likeness (QED) is 0.704. The van der Waals surface area contributed by atoms with E-state index in [1.165, 1.54) is 0 Å². The van der Waals surface area contributed by atoms with Crippen LogP contribution in [-0.2, 0) is 11.3 Å². The van der Waals surface area contributed by atoms with Crippen LogP contribution in [0.25, 0.3) is 0 Å². The van der Waals surface area contributed by atoms with E-state index < -0.39 is 5.60 Å². The molecule has 1 aromatic heterocycles. The predicted molar refractivity (Wildman–Crippen MR) is 85.6 cm³/mol. The standard InChI is InChI=1S/C15H24BrN3O2/c1-4-21-15(7-5-6-8-15)14(20)13-12(16)11-17-19(13)10-9-18(2)3/h11H,4-10H2,1-3H3. The first-order chi connectivity index (χ1) is 10.00. The van der Waals surface area contributed by atoms with Crippen LogP contribution in [-0.4, -0.2) is 53.3 Å². The summed E-state index contributed by atoms with van der Waals surface area (Å²) in [5, 5.41) is 4.34. The molecule has 6 heteroatoms. The summed E-state index contributed by atoms with van der Waals surface area (Å²) >= 11 is 3.47. The van der Waals surface area contributed by atoms with E-state index in [2.05, 4.69) is 25.9 Å². The number of rotatable bonds is 7. The molecular weight excluding hydrogens is 334 g/mol. The van der Waals surface area contributed by atoms with Gasteiger partial charge in [-0.2, -0.15) is 5.10 Å². The third-order valence-corrected chi connectivity index (χ3v) is 4.59. The summed E-state index contributed by atoms with van der Waals surface area (Å²) in [6, 6.07) is 0. The molecule has 1 saturated carbocycles. The average molecular weight is 358 g/mol. The van der Waals surface area contributed by atoms with E-state index in [0.717, 1.165) is 36.7 Å². The lowest BCUT2D eigenvalue weighted by atomic mass is 9.93. The van der Waals surface area contributed by atoms with Crippen LogP contribution in [0.2, 0.25) is 0 Å². The third kappa shape index (κ3) is 3.55. The van der Waals surface area contributed by atoms with Crippen LogP contribution in [0.4, 0.5) is 0 Å². The molecule has 1 aromatic rings. The van der Waals surface area contributed by atoms with E-state index in [1.54, 1.807) is 10.9 Å². The fraction of sp³-hybridized carbons (Fsp3) is 0.733. The van der Waals surface area contributed by atoms with Gasteiger partial charge in [-0.3, -0.25) is 9.48 Å². The fourth-order valence-electron chi connectivity index (χ4n) is 2.93. The maximum absolute atomic E-state index is 13.1. The highest BCUT2D eigenvalue weighted by Gasteiger charge is 2.44. The van der Waals surface area contributed by atoms with E-state index in [1.807, 2.05) is 21.0 Å². The first kappa shape index (κ1) is 16.6. The summed E-state index contributed by atoms with van der Waals surface area (Å²) in [5.41, 5.74) is -0.000109. The Balaban J connectivity index is 2.27. The maximum Gasteiger partial charge on any atom is 0.213 e. The van der Waals surface area contributed by atoms with Gasteiger partial charge in [-0.05, 0) is 62.6 Å². The number of Topliss-reactive ketones (excluding diaryl/α,β-unsaturated/α-hetero) is 1. The van der Waals surface area contributed by atoms with Gasteiger partial charge in [0.2, 0.25) is 5.78 Å². The number of aromatic nitrogens is 2. The lowest BCUT2D eigenvalue weighted by molar-refractivity contribution is -0.0171. The Morgan fingerprint density at radius 3 is 2.71 bits per heavy atom. The first-order valence-corrected chi connectivity index (χ1v) is 8.34. The van der Waals surface area contributed by atoms with Gasteiger partial charge in [0.15, 0.2) is 0 Å². The average Bonchev–Trinajstić information content (AvgIpc) is 3.04. The highest BCUT2D eigenvalue weighted by atomic mass is 79.9. The highest BCUT2D eigenvalue weighted by molar-refractivity contribution is 9.10. The summed E-state index contributed by atoms with van der Waals surface area (Å²) in [4.78, 5) is 15.2. The Morgan fingerprint density at radius 1 is 1.48 bits per heavy atom. The molecule has 0 aromatic carbocycles. The lowest BCUT2D eigenvalue weighted by Gasteiger charge is -2.27. The van der Waals surface area contributed by atoms with Crippen LogP contribution in [0.15, 0.2) is 10.7 Å². The van der Waals surface area contributed by atoms with Gasteiger partial charge >= 0.3 is 0 Å². The summed E-state index contributed by atoms with van der Waals surface area (Å²) in [6.45, 7) is 4.05. The zero-order valence-electron chi connectivity index (χ0n) is 13.1. The molecular formula is C15H24BrN3O2. The molecule has 0 aliphatic heterocycles. The Kier molecular flexibility index (Phi) is 5.57. The normalized spacial score (nSPS) is 17.6. The topological polar surface area (TPSA) is 47.4 Å². The molecule has 1 heterocycles. The van der Waals surface area contributed by atoms with Gasteiger partial charge in [-0.15, -0.1) is 0 Å². The molecule has 0 radical (unpaired) electrons. The van der Waals surface area contributed by atoms with Gasteiger partial charge in [0.05, 0.1) is 17.2 Å². The van der Waals surface area contributed by atoms with Crippen LogP contribution in [0.1, 0.15) is 43.1 Å². The second kappa shape index (κ2) is 7.03. The molecule has 1 aliphatic rings. The van der Waals surface area contributed by atoms with Crippen molar-refractivity contribution < 1.29 is 9.53 Å². The van der Waals surface area contributed by atoms with Crippen molar-refractivity contribution in [3.8, 4) is 0 Å². The lowest BCUT2D eigenvalue weighted by Crippen LogP contribution is -2.40. The van der Waals surface area contributed by atoms with E-state index >= 15 is 0 Å². The van der Waals surface area contributed by atoms with Gasteiger partial charge in [-0.25, -0.2) is 0 Å². The Hall–Kier alpha value is -0.720. The minimum atomic E-state index is -0.646. The number of ether oxygens (including phenoxy) is 1. The Bertz CT molecular complexity index is 493. The van der Waals surface area contributed by atoms with Gasteiger partial charge in [-0.1, -0.05) is 0 Å². The van der Waals surface area contributed by atoms with Crippen LogP contribution >= 0.6 is 15.9 Å². The molecule has 0 amide bonds. The molecule has 0 unspecified atom stereocenters. The zero-order chi connectivity index (χ0) is 15.5. The van der Waals surface area contributed by atoms with Crippen molar-refractivity contribution in [3.63, 3.8) is 0 Å². The Morgan fingerprint density at radius 2 is 2.14 bits per heavy atom. The first-order valence-electron chi connectivity index (χ1n) is 7.55. The number of hydrogen-bond donors (Lipinski definition) is 0. The van der Waals surface area contributed by atoms with Gasteiger partial charge in [0, 0.05) is 13.2 Å². The number of likely N-dealkylation sites (N-methyl/N-ethyl adjacent to an activating group) is 1. The van der Waals surface area contributed by atoms with Gasteiger partial charge in [0.1, 0.15) is 11.3 Å².